The molecule has 0 spiro atoms. The van der Waals surface area contributed by atoms with Crippen molar-refractivity contribution >= 4 is 35.8 Å². The molecule has 0 aromatic heterocycles. The first-order valence-electron chi connectivity index (χ1n) is 16.3. The van der Waals surface area contributed by atoms with Gasteiger partial charge in [-0.15, -0.1) is 0 Å². The lowest BCUT2D eigenvalue weighted by Crippen LogP contribution is -2.60. The number of hydrogen-bond acceptors (Lipinski definition) is 6. The Morgan fingerprint density at radius 1 is 0.804 bits per heavy atom. The number of fused-ring (bicyclic) bond motifs is 2. The van der Waals surface area contributed by atoms with E-state index >= 15 is 0 Å². The zero-order valence-electron chi connectivity index (χ0n) is 26.8. The zero-order chi connectivity index (χ0) is 32.8. The van der Waals surface area contributed by atoms with E-state index in [0.717, 1.165) is 11.1 Å². The maximum atomic E-state index is 14.4. The number of hydrogen-bond donors (Lipinski definition) is 2. The molecule has 2 aromatic carbocycles. The van der Waals surface area contributed by atoms with Gasteiger partial charge in [0.1, 0.15) is 30.2 Å². The Morgan fingerprint density at radius 3 is 2.11 bits per heavy atom. The molecule has 5 amide bonds. The van der Waals surface area contributed by atoms with E-state index in [1.54, 1.807) is 18.2 Å². The number of benzene rings is 2. The number of carbonyl (C=O) groups excluding carboxylic acids is 5. The van der Waals surface area contributed by atoms with Gasteiger partial charge >= 0.3 is 0 Å². The van der Waals surface area contributed by atoms with Gasteiger partial charge < -0.3 is 20.4 Å². The molecular weight excluding hydrogens is 584 g/mol. The van der Waals surface area contributed by atoms with Crippen molar-refractivity contribution in [2.75, 3.05) is 13.6 Å². The fourth-order valence-electron chi connectivity index (χ4n) is 6.54. The highest BCUT2D eigenvalue weighted by Crippen LogP contribution is 2.25. The van der Waals surface area contributed by atoms with Crippen LogP contribution < -0.4 is 10.6 Å². The number of rotatable bonds is 6. The quantitative estimate of drug-likeness (QED) is 0.507. The summed E-state index contributed by atoms with van der Waals surface area (Å²) in [6, 6.07) is 14.1. The van der Waals surface area contributed by atoms with Gasteiger partial charge in [0.05, 0.1) is 0 Å². The number of nitrogens with zero attached hydrogens (tertiary/aromatic N) is 4. The molecule has 5 rings (SSSR count). The van der Waals surface area contributed by atoms with Crippen molar-refractivity contribution in [3.05, 3.63) is 71.8 Å². The van der Waals surface area contributed by atoms with E-state index in [4.69, 9.17) is 0 Å². The van der Waals surface area contributed by atoms with Gasteiger partial charge in [-0.1, -0.05) is 80.9 Å². The summed E-state index contributed by atoms with van der Waals surface area (Å²) in [5.74, 6) is -2.49. The minimum atomic E-state index is -0.998. The molecule has 3 aliphatic heterocycles. The summed E-state index contributed by atoms with van der Waals surface area (Å²) in [4.78, 5) is 73.7. The lowest BCUT2D eigenvalue weighted by atomic mass is 9.95. The molecule has 0 saturated carbocycles. The molecule has 3 heterocycles. The van der Waals surface area contributed by atoms with E-state index in [1.807, 2.05) is 74.5 Å². The first-order valence-corrected chi connectivity index (χ1v) is 16.3. The Balaban J connectivity index is 1.58. The fourth-order valence-corrected chi connectivity index (χ4v) is 6.54. The van der Waals surface area contributed by atoms with E-state index in [9.17, 15) is 24.0 Å². The minimum Gasteiger partial charge on any atom is -0.342 e. The molecule has 244 valence electrons. The van der Waals surface area contributed by atoms with Crippen molar-refractivity contribution in [2.24, 2.45) is 11.0 Å². The van der Waals surface area contributed by atoms with Crippen LogP contribution in [0.1, 0.15) is 57.1 Å². The fraction of sp³-hybridized carbons (Fsp3) is 0.486. The number of carbonyl (C=O) groups is 5. The normalized spacial score (nSPS) is 26.9. The monoisotopic (exact) mass is 628 g/mol. The molecule has 2 fully saturated rings. The molecule has 11 nitrogen and oxygen atoms in total. The molecule has 6 atom stereocenters. The Kier molecular flexibility index (Phi) is 10.5. The standard InChI is InChI=1S/C35H44N6O5/c1-4-23(2)30-35(46)41-28(17-11-19-36-41)33(44)39(3)29(22-25-15-9-6-10-16-25)34(45)40-20-12-18-27(40)32(43)37-26(31(42)38-30)21-24-13-7-5-8-14-24/h5-10,13-16,19,23,26-30H,4,11-12,17-18,20-22H2,1-3H3,(H,37,43)(H,38,42)/t23-,26+,27-,28+,29+,30-/m0/s1. The van der Waals surface area contributed by atoms with Crippen LogP contribution in [-0.4, -0.2) is 94.4 Å². The maximum absolute atomic E-state index is 14.4. The van der Waals surface area contributed by atoms with Crippen LogP contribution in [0.4, 0.5) is 0 Å². The highest BCUT2D eigenvalue weighted by molar-refractivity contribution is 5.98. The Hall–Kier alpha value is -4.54. The smallest absolute Gasteiger partial charge is 0.266 e. The zero-order valence-corrected chi connectivity index (χ0v) is 26.8. The van der Waals surface area contributed by atoms with Crippen molar-refractivity contribution in [3.8, 4) is 0 Å². The van der Waals surface area contributed by atoms with Crippen molar-refractivity contribution in [2.45, 2.75) is 89.0 Å². The van der Waals surface area contributed by atoms with Crippen LogP contribution in [0, 0.1) is 5.92 Å². The van der Waals surface area contributed by atoms with Crippen LogP contribution >= 0.6 is 0 Å². The van der Waals surface area contributed by atoms with Crippen LogP contribution in [0.3, 0.4) is 0 Å². The average molecular weight is 629 g/mol. The topological polar surface area (TPSA) is 131 Å². The van der Waals surface area contributed by atoms with E-state index in [0.29, 0.717) is 38.6 Å². The van der Waals surface area contributed by atoms with E-state index in [2.05, 4.69) is 15.7 Å². The highest BCUT2D eigenvalue weighted by atomic mass is 16.2. The third-order valence-electron chi connectivity index (χ3n) is 9.48. The number of nitrogens with one attached hydrogen (secondary N) is 2. The van der Waals surface area contributed by atoms with E-state index in [1.165, 1.54) is 9.91 Å². The van der Waals surface area contributed by atoms with Gasteiger partial charge in [-0.25, -0.2) is 5.01 Å². The van der Waals surface area contributed by atoms with Gasteiger partial charge in [0.2, 0.25) is 23.6 Å². The van der Waals surface area contributed by atoms with Gasteiger partial charge in [0, 0.05) is 32.6 Å². The summed E-state index contributed by atoms with van der Waals surface area (Å²) < 4.78 is 0. The predicted molar refractivity (Wildman–Crippen MR) is 173 cm³/mol. The minimum absolute atomic E-state index is 0.197. The lowest BCUT2D eigenvalue weighted by molar-refractivity contribution is -0.153. The van der Waals surface area contributed by atoms with Gasteiger partial charge in [-0.3, -0.25) is 24.0 Å². The van der Waals surface area contributed by atoms with Crippen LogP contribution in [-0.2, 0) is 36.8 Å². The summed E-state index contributed by atoms with van der Waals surface area (Å²) in [7, 11) is 1.59. The summed E-state index contributed by atoms with van der Waals surface area (Å²) in [6.45, 7) is 4.14. The van der Waals surface area contributed by atoms with E-state index < -0.39 is 53.8 Å². The molecule has 3 aliphatic rings. The Morgan fingerprint density at radius 2 is 1.46 bits per heavy atom. The first-order chi connectivity index (χ1) is 22.2. The molecule has 0 aliphatic carbocycles. The predicted octanol–water partition coefficient (Wildman–Crippen LogP) is 2.30. The molecule has 2 aromatic rings. The van der Waals surface area contributed by atoms with Gasteiger partial charge in [0.25, 0.3) is 5.91 Å². The average Bonchev–Trinajstić information content (AvgIpc) is 3.58. The van der Waals surface area contributed by atoms with Crippen molar-refractivity contribution < 1.29 is 24.0 Å². The molecule has 11 heteroatoms. The van der Waals surface area contributed by atoms with Crippen molar-refractivity contribution in [1.29, 1.82) is 0 Å². The molecule has 0 unspecified atom stereocenters. The summed E-state index contributed by atoms with van der Waals surface area (Å²) in [5.41, 5.74) is 1.70. The third kappa shape index (κ3) is 7.13. The van der Waals surface area contributed by atoms with Gasteiger partial charge in [0.15, 0.2) is 0 Å². The summed E-state index contributed by atoms with van der Waals surface area (Å²) in [5, 5.41) is 11.4. The van der Waals surface area contributed by atoms with Crippen LogP contribution in [0.25, 0.3) is 0 Å². The number of likely N-dealkylation sites (N-methyl/N-ethyl adjacent to an activating group) is 1. The van der Waals surface area contributed by atoms with Crippen LogP contribution in [0.2, 0.25) is 0 Å². The van der Waals surface area contributed by atoms with Crippen molar-refractivity contribution in [1.82, 2.24) is 25.4 Å². The van der Waals surface area contributed by atoms with Crippen LogP contribution in [0.5, 0.6) is 0 Å². The van der Waals surface area contributed by atoms with Gasteiger partial charge in [-0.05, 0) is 42.7 Å². The summed E-state index contributed by atoms with van der Waals surface area (Å²) in [6.07, 6.45) is 4.48. The summed E-state index contributed by atoms with van der Waals surface area (Å²) >= 11 is 0. The largest absolute Gasteiger partial charge is 0.342 e. The Labute approximate surface area is 270 Å². The van der Waals surface area contributed by atoms with E-state index in [-0.39, 0.29) is 24.7 Å². The van der Waals surface area contributed by atoms with Gasteiger partial charge in [-0.2, -0.15) is 5.10 Å². The molecule has 2 saturated heterocycles. The maximum Gasteiger partial charge on any atom is 0.266 e. The SMILES string of the molecule is CC[C@H](C)[C@@H]1NC(=O)[C@@H](Cc2ccccc2)NC(=O)[C@@H]2CCCN2C(=O)[C@@H](Cc2ccccc2)N(C)C(=O)[C@H]2CCC=NN2C1=O. The number of hydrazone groups is 1. The molecular formula is C35H44N6O5. The second-order valence-corrected chi connectivity index (χ2v) is 12.5. The second kappa shape index (κ2) is 14.7. The lowest BCUT2D eigenvalue weighted by Gasteiger charge is -2.38. The first kappa shape index (κ1) is 32.8. The third-order valence-corrected chi connectivity index (χ3v) is 9.48. The molecule has 46 heavy (non-hydrogen) atoms. The second-order valence-electron chi connectivity index (χ2n) is 12.5. The Bertz CT molecular complexity index is 1450. The highest BCUT2D eigenvalue weighted by Gasteiger charge is 2.45. The van der Waals surface area contributed by atoms with Crippen LogP contribution in [0.15, 0.2) is 65.8 Å². The van der Waals surface area contributed by atoms with Crippen molar-refractivity contribution in [3.63, 3.8) is 0 Å². The molecule has 0 radical (unpaired) electrons. The number of amides is 5. The molecule has 2 N–H and O–H groups in total. The molecule has 0 bridgehead atoms.